The fourth-order valence-electron chi connectivity index (χ4n) is 1.32. The number of hydrogen-bond acceptors (Lipinski definition) is 3. The van der Waals surface area contributed by atoms with Crippen molar-refractivity contribution in [1.82, 2.24) is 0 Å². The van der Waals surface area contributed by atoms with Crippen LogP contribution in [-0.2, 0) is 9.84 Å². The van der Waals surface area contributed by atoms with Crippen LogP contribution in [0.1, 0.15) is 20.3 Å². The van der Waals surface area contributed by atoms with E-state index in [9.17, 15) is 8.42 Å². The molecule has 0 aliphatic carbocycles. The lowest BCUT2D eigenvalue weighted by atomic mass is 10.3. The van der Waals surface area contributed by atoms with E-state index in [1.807, 2.05) is 6.92 Å². The van der Waals surface area contributed by atoms with Crippen LogP contribution >= 0.6 is 11.6 Å². The molecule has 1 N–H and O–H groups in total. The zero-order valence-corrected chi connectivity index (χ0v) is 11.7. The number of benzene rings is 1. The van der Waals surface area contributed by atoms with Crippen LogP contribution in [0.4, 0.5) is 5.69 Å². The number of halogens is 1. The molecule has 3 nitrogen and oxygen atoms in total. The fraction of sp³-hybridized carbons (Fsp3) is 0.500. The summed E-state index contributed by atoms with van der Waals surface area (Å²) >= 11 is 5.98. The Bertz CT molecular complexity index is 442. The zero-order valence-electron chi connectivity index (χ0n) is 10.1. The highest BCUT2D eigenvalue weighted by atomic mass is 35.5. The van der Waals surface area contributed by atoms with Crippen molar-refractivity contribution in [2.75, 3.05) is 17.6 Å². The molecular weight excluding hydrogens is 258 g/mol. The molecule has 0 heterocycles. The molecule has 0 saturated heterocycles. The minimum Gasteiger partial charge on any atom is -0.384 e. The molecule has 0 spiro atoms. The van der Waals surface area contributed by atoms with Crippen LogP contribution in [0.3, 0.4) is 0 Å². The van der Waals surface area contributed by atoms with Crippen molar-refractivity contribution in [3.05, 3.63) is 24.3 Å². The first-order chi connectivity index (χ1) is 7.99. The quantitative estimate of drug-likeness (QED) is 0.812. The Hall–Kier alpha value is -0.740. The van der Waals surface area contributed by atoms with Crippen molar-refractivity contribution >= 4 is 27.1 Å². The maximum absolute atomic E-state index is 11.6. The van der Waals surface area contributed by atoms with Crippen molar-refractivity contribution in [2.24, 2.45) is 0 Å². The third-order valence-corrected chi connectivity index (χ3v) is 4.78. The Morgan fingerprint density at radius 2 is 1.82 bits per heavy atom. The van der Waals surface area contributed by atoms with E-state index < -0.39 is 9.84 Å². The van der Waals surface area contributed by atoms with Gasteiger partial charge in [-0.3, -0.25) is 0 Å². The van der Waals surface area contributed by atoms with E-state index in [1.165, 1.54) is 0 Å². The van der Waals surface area contributed by atoms with Crippen LogP contribution in [-0.4, -0.2) is 26.1 Å². The molecule has 0 aliphatic heterocycles. The van der Waals surface area contributed by atoms with Crippen molar-refractivity contribution in [1.29, 1.82) is 0 Å². The lowest BCUT2D eigenvalue weighted by molar-refractivity contribution is 0.597. The van der Waals surface area contributed by atoms with Crippen LogP contribution in [0, 0.1) is 0 Å². The molecule has 1 aromatic rings. The third kappa shape index (κ3) is 4.21. The van der Waals surface area contributed by atoms with Gasteiger partial charge < -0.3 is 5.32 Å². The van der Waals surface area contributed by atoms with Crippen LogP contribution in [0.5, 0.6) is 0 Å². The summed E-state index contributed by atoms with van der Waals surface area (Å²) < 4.78 is 23.2. The predicted octanol–water partition coefficient (Wildman–Crippen LogP) is 2.91. The van der Waals surface area contributed by atoms with Gasteiger partial charge in [-0.15, -0.1) is 11.6 Å². The Labute approximate surface area is 108 Å². The minimum atomic E-state index is -3.10. The van der Waals surface area contributed by atoms with Gasteiger partial charge in [-0.25, -0.2) is 8.42 Å². The first-order valence-electron chi connectivity index (χ1n) is 5.70. The zero-order chi connectivity index (χ0) is 12.9. The van der Waals surface area contributed by atoms with Gasteiger partial charge >= 0.3 is 0 Å². The smallest absolute Gasteiger partial charge is 0.178 e. The number of anilines is 1. The molecule has 1 unspecified atom stereocenters. The van der Waals surface area contributed by atoms with Crippen LogP contribution in [0.25, 0.3) is 0 Å². The summed E-state index contributed by atoms with van der Waals surface area (Å²) in [5.74, 6) is 0.124. The molecule has 0 saturated carbocycles. The summed E-state index contributed by atoms with van der Waals surface area (Å²) in [6.45, 7) is 4.34. The summed E-state index contributed by atoms with van der Waals surface area (Å²) in [4.78, 5) is 0.364. The molecule has 17 heavy (non-hydrogen) atoms. The maximum Gasteiger partial charge on any atom is 0.178 e. The van der Waals surface area contributed by atoms with Gasteiger partial charge in [0.1, 0.15) is 0 Å². The highest BCUT2D eigenvalue weighted by Gasteiger charge is 2.10. The molecule has 5 heteroatoms. The summed E-state index contributed by atoms with van der Waals surface area (Å²) in [6, 6.07) is 6.77. The monoisotopic (exact) mass is 275 g/mol. The van der Waals surface area contributed by atoms with Crippen molar-refractivity contribution < 1.29 is 8.42 Å². The second-order valence-corrected chi connectivity index (χ2v) is 6.71. The van der Waals surface area contributed by atoms with E-state index >= 15 is 0 Å². The van der Waals surface area contributed by atoms with E-state index in [1.54, 1.807) is 31.2 Å². The molecule has 0 radical (unpaired) electrons. The average Bonchev–Trinajstić information content (AvgIpc) is 2.36. The van der Waals surface area contributed by atoms with E-state index in [4.69, 9.17) is 11.6 Å². The largest absolute Gasteiger partial charge is 0.384 e. The Morgan fingerprint density at radius 1 is 1.24 bits per heavy atom. The minimum absolute atomic E-state index is 0.0917. The number of rotatable bonds is 6. The second kappa shape index (κ2) is 6.26. The molecule has 1 rings (SSSR count). The van der Waals surface area contributed by atoms with Gasteiger partial charge in [-0.2, -0.15) is 0 Å². The first-order valence-corrected chi connectivity index (χ1v) is 7.79. The maximum atomic E-state index is 11.6. The van der Waals surface area contributed by atoms with Crippen molar-refractivity contribution in [3.8, 4) is 0 Å². The Morgan fingerprint density at radius 3 is 2.29 bits per heavy atom. The Kier molecular flexibility index (Phi) is 5.28. The first kappa shape index (κ1) is 14.3. The van der Waals surface area contributed by atoms with Crippen molar-refractivity contribution in [2.45, 2.75) is 30.5 Å². The fourth-order valence-corrected chi connectivity index (χ4v) is 2.28. The van der Waals surface area contributed by atoms with Gasteiger partial charge in [0.25, 0.3) is 0 Å². The lowest BCUT2D eigenvalue weighted by Crippen LogP contribution is -2.13. The van der Waals surface area contributed by atoms with Crippen LogP contribution in [0.2, 0.25) is 0 Å². The molecule has 96 valence electrons. The molecule has 0 amide bonds. The SMILES string of the molecule is CCC(Cl)CNc1ccc(S(=O)(=O)CC)cc1. The molecule has 0 aliphatic rings. The van der Waals surface area contributed by atoms with Gasteiger partial charge in [0, 0.05) is 12.2 Å². The molecule has 0 bridgehead atoms. The van der Waals surface area contributed by atoms with E-state index in [0.717, 1.165) is 12.1 Å². The summed E-state index contributed by atoms with van der Waals surface area (Å²) in [6.07, 6.45) is 0.900. The van der Waals surface area contributed by atoms with E-state index in [2.05, 4.69) is 5.32 Å². The van der Waals surface area contributed by atoms with E-state index in [0.29, 0.717) is 11.4 Å². The highest BCUT2D eigenvalue weighted by molar-refractivity contribution is 7.91. The van der Waals surface area contributed by atoms with Gasteiger partial charge in [-0.05, 0) is 30.7 Å². The summed E-state index contributed by atoms with van der Waals surface area (Å²) in [7, 11) is -3.10. The molecule has 0 aromatic heterocycles. The lowest BCUT2D eigenvalue weighted by Gasteiger charge is -2.10. The van der Waals surface area contributed by atoms with Gasteiger partial charge in [0.15, 0.2) is 9.84 Å². The van der Waals surface area contributed by atoms with Gasteiger partial charge in [0.2, 0.25) is 0 Å². The summed E-state index contributed by atoms with van der Waals surface area (Å²) in [5.41, 5.74) is 0.888. The van der Waals surface area contributed by atoms with Gasteiger partial charge in [-0.1, -0.05) is 13.8 Å². The molecular formula is C12H18ClNO2S. The van der Waals surface area contributed by atoms with Crippen LogP contribution in [0.15, 0.2) is 29.2 Å². The molecule has 0 fully saturated rings. The van der Waals surface area contributed by atoms with E-state index in [-0.39, 0.29) is 11.1 Å². The molecule has 1 aromatic carbocycles. The number of sulfone groups is 1. The summed E-state index contributed by atoms with van der Waals surface area (Å²) in [5, 5.41) is 3.26. The number of nitrogens with one attached hydrogen (secondary N) is 1. The third-order valence-electron chi connectivity index (χ3n) is 2.56. The highest BCUT2D eigenvalue weighted by Crippen LogP contribution is 2.15. The predicted molar refractivity (Wildman–Crippen MR) is 72.6 cm³/mol. The average molecular weight is 276 g/mol. The number of alkyl halides is 1. The standard InChI is InChI=1S/C12H18ClNO2S/c1-3-10(13)9-14-11-5-7-12(8-6-11)17(15,16)4-2/h5-8,10,14H,3-4,9H2,1-2H3. The van der Waals surface area contributed by atoms with Gasteiger partial charge in [0.05, 0.1) is 16.0 Å². The second-order valence-electron chi connectivity index (χ2n) is 3.81. The normalized spacial score (nSPS) is 13.4. The topological polar surface area (TPSA) is 46.2 Å². The van der Waals surface area contributed by atoms with Crippen molar-refractivity contribution in [3.63, 3.8) is 0 Å². The van der Waals surface area contributed by atoms with Crippen LogP contribution < -0.4 is 5.32 Å². The Balaban J connectivity index is 2.69. The number of hydrogen-bond donors (Lipinski definition) is 1. The molecule has 1 atom stereocenters.